The third-order valence-electron chi connectivity index (χ3n) is 3.47. The van der Waals surface area contributed by atoms with E-state index in [-0.39, 0.29) is 0 Å². The summed E-state index contributed by atoms with van der Waals surface area (Å²) >= 11 is 0. The van der Waals surface area contributed by atoms with Crippen molar-refractivity contribution in [1.29, 1.82) is 0 Å². The molecule has 0 radical (unpaired) electrons. The lowest BCUT2D eigenvalue weighted by Gasteiger charge is -2.23. The van der Waals surface area contributed by atoms with Crippen LogP contribution in [0.5, 0.6) is 0 Å². The van der Waals surface area contributed by atoms with Crippen LogP contribution in [0.2, 0.25) is 0 Å². The lowest BCUT2D eigenvalue weighted by atomic mass is 9.82. The highest BCUT2D eigenvalue weighted by Crippen LogP contribution is 2.40. The minimum atomic E-state index is 0.868. The largest absolute Gasteiger partial charge is 0.0884 e. The molecule has 0 aliphatic heterocycles. The second-order valence-corrected chi connectivity index (χ2v) is 4.48. The normalized spacial score (nSPS) is 31.6. The maximum atomic E-state index is 2.37. The molecule has 0 bridgehead atoms. The molecule has 1 saturated carbocycles. The van der Waals surface area contributed by atoms with Crippen LogP contribution in [0.15, 0.2) is 11.6 Å². The summed E-state index contributed by atoms with van der Waals surface area (Å²) in [6.07, 6.45) is 6.62. The minimum absolute atomic E-state index is 0.868. The summed E-state index contributed by atoms with van der Waals surface area (Å²) < 4.78 is 0. The highest BCUT2D eigenvalue weighted by molar-refractivity contribution is 5.06. The van der Waals surface area contributed by atoms with Crippen molar-refractivity contribution in [3.8, 4) is 0 Å². The van der Waals surface area contributed by atoms with Crippen LogP contribution in [0.3, 0.4) is 0 Å². The highest BCUT2D eigenvalue weighted by Gasteiger charge is 2.29. The van der Waals surface area contributed by atoms with Crippen LogP contribution >= 0.6 is 0 Å². The van der Waals surface area contributed by atoms with Crippen molar-refractivity contribution in [2.24, 2.45) is 17.8 Å². The van der Waals surface area contributed by atoms with E-state index in [1.807, 2.05) is 0 Å². The molecule has 0 heterocycles. The topological polar surface area (TPSA) is 0 Å². The van der Waals surface area contributed by atoms with Gasteiger partial charge in [0.1, 0.15) is 0 Å². The van der Waals surface area contributed by atoms with Gasteiger partial charge in [0, 0.05) is 0 Å². The van der Waals surface area contributed by atoms with Gasteiger partial charge in [0.15, 0.2) is 0 Å². The molecule has 0 aromatic rings. The number of rotatable bonds is 2. The maximum absolute atomic E-state index is 2.37. The highest BCUT2D eigenvalue weighted by atomic mass is 14.3. The van der Waals surface area contributed by atoms with E-state index in [4.69, 9.17) is 0 Å². The lowest BCUT2D eigenvalue weighted by Crippen LogP contribution is -2.15. The summed E-state index contributed by atoms with van der Waals surface area (Å²) in [6.45, 7) is 9.20. The van der Waals surface area contributed by atoms with Gasteiger partial charge in [-0.05, 0) is 44.4 Å². The van der Waals surface area contributed by atoms with E-state index in [0.29, 0.717) is 0 Å². The van der Waals surface area contributed by atoms with Gasteiger partial charge in [0.2, 0.25) is 0 Å². The first kappa shape index (κ1) is 9.83. The van der Waals surface area contributed by atoms with Gasteiger partial charge < -0.3 is 0 Å². The van der Waals surface area contributed by atoms with Crippen molar-refractivity contribution in [1.82, 2.24) is 0 Å². The zero-order valence-electron chi connectivity index (χ0n) is 8.93. The van der Waals surface area contributed by atoms with Gasteiger partial charge in [0.25, 0.3) is 0 Å². The molecule has 0 nitrogen and oxygen atoms in total. The summed E-state index contributed by atoms with van der Waals surface area (Å²) in [4.78, 5) is 0. The third kappa shape index (κ3) is 1.91. The summed E-state index contributed by atoms with van der Waals surface area (Å²) in [7, 11) is 0. The molecule has 0 heteroatoms. The van der Waals surface area contributed by atoms with Gasteiger partial charge in [-0.2, -0.15) is 0 Å². The molecule has 1 rings (SSSR count). The molecule has 12 heavy (non-hydrogen) atoms. The molecule has 0 spiro atoms. The Labute approximate surface area is 77.1 Å². The van der Waals surface area contributed by atoms with E-state index < -0.39 is 0 Å². The first-order chi connectivity index (χ1) is 5.66. The maximum Gasteiger partial charge on any atom is -0.0175 e. The zero-order chi connectivity index (χ0) is 9.14. The fourth-order valence-corrected chi connectivity index (χ4v) is 2.57. The van der Waals surface area contributed by atoms with Crippen LogP contribution < -0.4 is 0 Å². The molecule has 70 valence electrons. The molecule has 0 aromatic carbocycles. The predicted molar refractivity (Wildman–Crippen MR) is 55.1 cm³/mol. The second-order valence-electron chi connectivity index (χ2n) is 4.48. The van der Waals surface area contributed by atoms with Crippen LogP contribution in [-0.2, 0) is 0 Å². The Balaban J connectivity index is 2.64. The molecule has 2 unspecified atom stereocenters. The lowest BCUT2D eigenvalue weighted by molar-refractivity contribution is 0.328. The summed E-state index contributed by atoms with van der Waals surface area (Å²) in [5.74, 6) is 2.73. The molecule has 0 amide bonds. The van der Waals surface area contributed by atoms with E-state index in [0.717, 1.165) is 17.8 Å². The smallest absolute Gasteiger partial charge is 0.0175 e. The van der Waals surface area contributed by atoms with E-state index in [9.17, 15) is 0 Å². The average Bonchev–Trinajstić information content (AvgIpc) is 2.50. The standard InChI is InChI=1S/C12H22/c1-5-10(4)12-8-6-7-11(12)9(2)3/h5,9,11-12H,6-8H2,1-4H3/b10-5+. The van der Waals surface area contributed by atoms with Gasteiger partial charge in [0.05, 0.1) is 0 Å². The molecule has 0 saturated heterocycles. The van der Waals surface area contributed by atoms with Crippen molar-refractivity contribution in [2.75, 3.05) is 0 Å². The van der Waals surface area contributed by atoms with Gasteiger partial charge in [-0.15, -0.1) is 0 Å². The van der Waals surface area contributed by atoms with Gasteiger partial charge in [-0.3, -0.25) is 0 Å². The number of hydrogen-bond donors (Lipinski definition) is 0. The van der Waals surface area contributed by atoms with Gasteiger partial charge in [-0.25, -0.2) is 0 Å². The van der Waals surface area contributed by atoms with Gasteiger partial charge in [-0.1, -0.05) is 31.9 Å². The Hall–Kier alpha value is -0.260. The molecule has 0 N–H and O–H groups in total. The van der Waals surface area contributed by atoms with E-state index in [1.165, 1.54) is 19.3 Å². The number of allylic oxidation sites excluding steroid dienone is 2. The van der Waals surface area contributed by atoms with Crippen molar-refractivity contribution in [2.45, 2.75) is 47.0 Å². The fourth-order valence-electron chi connectivity index (χ4n) is 2.57. The fraction of sp³-hybridized carbons (Fsp3) is 0.833. The van der Waals surface area contributed by atoms with Crippen molar-refractivity contribution < 1.29 is 0 Å². The zero-order valence-corrected chi connectivity index (χ0v) is 8.93. The van der Waals surface area contributed by atoms with Crippen LogP contribution in [-0.4, -0.2) is 0 Å². The number of hydrogen-bond acceptors (Lipinski definition) is 0. The van der Waals surface area contributed by atoms with Crippen LogP contribution in [0.4, 0.5) is 0 Å². The summed E-state index contributed by atoms with van der Waals surface area (Å²) in [5, 5.41) is 0. The van der Waals surface area contributed by atoms with Crippen molar-refractivity contribution >= 4 is 0 Å². The Morgan fingerprint density at radius 2 is 2.00 bits per heavy atom. The molecule has 1 aliphatic rings. The van der Waals surface area contributed by atoms with E-state index >= 15 is 0 Å². The summed E-state index contributed by atoms with van der Waals surface area (Å²) in [5.41, 5.74) is 1.62. The monoisotopic (exact) mass is 166 g/mol. The summed E-state index contributed by atoms with van der Waals surface area (Å²) in [6, 6.07) is 0. The Morgan fingerprint density at radius 3 is 2.50 bits per heavy atom. The Morgan fingerprint density at radius 1 is 1.33 bits per heavy atom. The molecular weight excluding hydrogens is 144 g/mol. The van der Waals surface area contributed by atoms with E-state index in [2.05, 4.69) is 33.8 Å². The van der Waals surface area contributed by atoms with Gasteiger partial charge >= 0.3 is 0 Å². The van der Waals surface area contributed by atoms with Crippen molar-refractivity contribution in [3.05, 3.63) is 11.6 Å². The minimum Gasteiger partial charge on any atom is -0.0884 e. The Bertz CT molecular complexity index is 165. The third-order valence-corrected chi connectivity index (χ3v) is 3.47. The Kier molecular flexibility index (Phi) is 3.37. The van der Waals surface area contributed by atoms with Crippen LogP contribution in [0.25, 0.3) is 0 Å². The molecule has 0 aromatic heterocycles. The first-order valence-electron chi connectivity index (χ1n) is 5.29. The first-order valence-corrected chi connectivity index (χ1v) is 5.29. The van der Waals surface area contributed by atoms with Crippen LogP contribution in [0.1, 0.15) is 47.0 Å². The quantitative estimate of drug-likeness (QED) is 0.543. The van der Waals surface area contributed by atoms with E-state index in [1.54, 1.807) is 5.57 Å². The van der Waals surface area contributed by atoms with Crippen LogP contribution in [0, 0.1) is 17.8 Å². The van der Waals surface area contributed by atoms with Crippen molar-refractivity contribution in [3.63, 3.8) is 0 Å². The second kappa shape index (κ2) is 4.11. The molecular formula is C12H22. The molecule has 2 atom stereocenters. The molecule has 1 aliphatic carbocycles. The SMILES string of the molecule is C/C=C(\C)C1CCCC1C(C)C. The predicted octanol–water partition coefficient (Wildman–Crippen LogP) is 4.02. The molecule has 1 fully saturated rings. The average molecular weight is 166 g/mol.